The van der Waals surface area contributed by atoms with Gasteiger partial charge in [0.1, 0.15) is 0 Å². The van der Waals surface area contributed by atoms with Crippen LogP contribution in [-0.2, 0) is 16.0 Å². The van der Waals surface area contributed by atoms with Crippen molar-refractivity contribution >= 4 is 5.91 Å². The zero-order valence-corrected chi connectivity index (χ0v) is 12.0. The minimum absolute atomic E-state index is 0.242. The Labute approximate surface area is 114 Å². The van der Waals surface area contributed by atoms with Crippen molar-refractivity contribution in [3.63, 3.8) is 0 Å². The van der Waals surface area contributed by atoms with Crippen LogP contribution in [0.15, 0.2) is 12.1 Å². The van der Waals surface area contributed by atoms with Crippen LogP contribution in [-0.4, -0.2) is 42.6 Å². The summed E-state index contributed by atoms with van der Waals surface area (Å²) in [7, 11) is 1.66. The third-order valence-electron chi connectivity index (χ3n) is 3.77. The van der Waals surface area contributed by atoms with E-state index in [4.69, 9.17) is 4.74 Å². The number of carbonyl (C=O) groups excluding carboxylic acids is 1. The van der Waals surface area contributed by atoms with Crippen LogP contribution in [0.4, 0.5) is 0 Å². The van der Waals surface area contributed by atoms with E-state index in [1.165, 1.54) is 5.56 Å². The fourth-order valence-electron chi connectivity index (χ4n) is 2.50. The van der Waals surface area contributed by atoms with E-state index in [2.05, 4.69) is 24.0 Å². The molecular weight excluding hydrogens is 240 g/mol. The maximum absolute atomic E-state index is 11.9. The van der Waals surface area contributed by atoms with E-state index in [1.807, 2.05) is 11.8 Å². The quantitative estimate of drug-likeness (QED) is 0.811. The molecule has 0 bridgehead atoms. The van der Waals surface area contributed by atoms with E-state index >= 15 is 0 Å². The normalized spacial score (nSPS) is 19.2. The Balaban J connectivity index is 1.93. The Hall–Kier alpha value is -1.42. The van der Waals surface area contributed by atoms with Crippen LogP contribution in [0, 0.1) is 19.8 Å². The summed E-state index contributed by atoms with van der Waals surface area (Å²) in [4.78, 5) is 18.3. The number of methoxy groups -OCH3 is 1. The van der Waals surface area contributed by atoms with E-state index in [-0.39, 0.29) is 5.91 Å². The summed E-state index contributed by atoms with van der Waals surface area (Å²) in [6.07, 6.45) is 1.52. The van der Waals surface area contributed by atoms with Gasteiger partial charge >= 0.3 is 0 Å². The van der Waals surface area contributed by atoms with E-state index in [0.717, 1.165) is 24.4 Å². The van der Waals surface area contributed by atoms with Crippen molar-refractivity contribution in [2.75, 3.05) is 26.8 Å². The third kappa shape index (κ3) is 3.53. The molecule has 1 atom stereocenters. The first-order valence-corrected chi connectivity index (χ1v) is 6.80. The maximum Gasteiger partial charge on any atom is 0.223 e. The molecule has 1 aliphatic heterocycles. The molecule has 4 nitrogen and oxygen atoms in total. The molecule has 0 unspecified atom stereocenters. The minimum atomic E-state index is 0.242. The number of ether oxygens (including phenoxy) is 1. The third-order valence-corrected chi connectivity index (χ3v) is 3.77. The van der Waals surface area contributed by atoms with Gasteiger partial charge in [-0.3, -0.25) is 9.78 Å². The van der Waals surface area contributed by atoms with Gasteiger partial charge in [0, 0.05) is 38.0 Å². The molecule has 1 fully saturated rings. The molecule has 2 rings (SSSR count). The van der Waals surface area contributed by atoms with Crippen LogP contribution in [0.1, 0.15) is 23.4 Å². The molecule has 0 radical (unpaired) electrons. The topological polar surface area (TPSA) is 42.4 Å². The number of likely N-dealkylation sites (tertiary alicyclic amines) is 1. The van der Waals surface area contributed by atoms with Crippen molar-refractivity contribution in [1.82, 2.24) is 9.88 Å². The molecule has 1 aliphatic rings. The predicted octanol–water partition coefficient (Wildman–Crippen LogP) is 1.74. The number of hydrogen-bond acceptors (Lipinski definition) is 3. The minimum Gasteiger partial charge on any atom is -0.383 e. The summed E-state index contributed by atoms with van der Waals surface area (Å²) in [5.74, 6) is 0.629. The highest BCUT2D eigenvalue weighted by Crippen LogP contribution is 2.21. The van der Waals surface area contributed by atoms with Gasteiger partial charge in [-0.2, -0.15) is 0 Å². The molecule has 4 heteroatoms. The van der Waals surface area contributed by atoms with E-state index in [1.54, 1.807) is 7.11 Å². The van der Waals surface area contributed by atoms with Crippen molar-refractivity contribution in [2.45, 2.75) is 26.7 Å². The second-order valence-electron chi connectivity index (χ2n) is 5.31. The lowest BCUT2D eigenvalue weighted by molar-refractivity contribution is -0.128. The molecule has 1 amide bonds. The molecule has 2 heterocycles. The number of pyridine rings is 1. The first kappa shape index (κ1) is 14.0. The lowest BCUT2D eigenvalue weighted by Crippen LogP contribution is -2.29. The van der Waals surface area contributed by atoms with Crippen LogP contribution < -0.4 is 0 Å². The van der Waals surface area contributed by atoms with Gasteiger partial charge in [-0.05, 0) is 37.8 Å². The molecule has 1 aromatic heterocycles. The van der Waals surface area contributed by atoms with Gasteiger partial charge < -0.3 is 9.64 Å². The van der Waals surface area contributed by atoms with Crippen molar-refractivity contribution in [3.8, 4) is 0 Å². The highest BCUT2D eigenvalue weighted by molar-refractivity contribution is 5.78. The summed E-state index contributed by atoms with van der Waals surface area (Å²) >= 11 is 0. The molecule has 19 heavy (non-hydrogen) atoms. The van der Waals surface area contributed by atoms with Gasteiger partial charge in [-0.15, -0.1) is 0 Å². The zero-order valence-electron chi connectivity index (χ0n) is 12.0. The molecule has 0 saturated carbocycles. The van der Waals surface area contributed by atoms with Crippen LogP contribution in [0.25, 0.3) is 0 Å². The first-order valence-electron chi connectivity index (χ1n) is 6.80. The number of aryl methyl sites for hydroxylation is 2. The van der Waals surface area contributed by atoms with Gasteiger partial charge in [-0.1, -0.05) is 6.07 Å². The average molecular weight is 262 g/mol. The van der Waals surface area contributed by atoms with Crippen LogP contribution in [0.2, 0.25) is 0 Å². The first-order chi connectivity index (χ1) is 9.10. The molecule has 0 spiro atoms. The number of aromatic nitrogens is 1. The fraction of sp³-hybridized carbons (Fsp3) is 0.600. The fourth-order valence-corrected chi connectivity index (χ4v) is 2.50. The Morgan fingerprint density at radius 2 is 2.21 bits per heavy atom. The molecule has 0 aromatic carbocycles. The predicted molar refractivity (Wildman–Crippen MR) is 74.0 cm³/mol. The average Bonchev–Trinajstić information content (AvgIpc) is 2.72. The summed E-state index contributed by atoms with van der Waals surface area (Å²) in [6, 6.07) is 4.18. The van der Waals surface area contributed by atoms with Gasteiger partial charge in [0.15, 0.2) is 0 Å². The molecule has 0 aliphatic carbocycles. The molecule has 104 valence electrons. The lowest BCUT2D eigenvalue weighted by Gasteiger charge is -2.15. The van der Waals surface area contributed by atoms with Crippen LogP contribution >= 0.6 is 0 Å². The number of nitrogens with zero attached hydrogens (tertiary/aromatic N) is 2. The lowest BCUT2D eigenvalue weighted by atomic mass is 10.0. The van der Waals surface area contributed by atoms with Gasteiger partial charge in [0.2, 0.25) is 5.91 Å². The highest BCUT2D eigenvalue weighted by atomic mass is 16.5. The Morgan fingerprint density at radius 3 is 2.89 bits per heavy atom. The number of amides is 1. The highest BCUT2D eigenvalue weighted by Gasteiger charge is 2.29. The van der Waals surface area contributed by atoms with Crippen molar-refractivity contribution in [3.05, 3.63) is 29.1 Å². The summed E-state index contributed by atoms with van der Waals surface area (Å²) < 4.78 is 5.03. The summed E-state index contributed by atoms with van der Waals surface area (Å²) in [6.45, 7) is 6.24. The van der Waals surface area contributed by atoms with Gasteiger partial charge in [0.05, 0.1) is 6.61 Å². The number of rotatable bonds is 5. The van der Waals surface area contributed by atoms with Crippen LogP contribution in [0.5, 0.6) is 0 Å². The zero-order chi connectivity index (χ0) is 13.8. The smallest absolute Gasteiger partial charge is 0.223 e. The Morgan fingerprint density at radius 1 is 1.42 bits per heavy atom. The van der Waals surface area contributed by atoms with Crippen molar-refractivity contribution in [1.29, 1.82) is 0 Å². The monoisotopic (exact) mass is 262 g/mol. The number of carbonyl (C=O) groups is 1. The molecule has 1 aromatic rings. The maximum atomic E-state index is 11.9. The summed E-state index contributed by atoms with van der Waals surface area (Å²) in [5.41, 5.74) is 3.39. The largest absolute Gasteiger partial charge is 0.383 e. The van der Waals surface area contributed by atoms with Crippen LogP contribution in [0.3, 0.4) is 0 Å². The second-order valence-corrected chi connectivity index (χ2v) is 5.31. The SMILES string of the molecule is COCCN1C[C@@H](Cc2ccc(C)c(C)n2)CC1=O. The Kier molecular flexibility index (Phi) is 4.53. The number of hydrogen-bond donors (Lipinski definition) is 0. The van der Waals surface area contributed by atoms with Crippen molar-refractivity contribution in [2.24, 2.45) is 5.92 Å². The molecule has 1 saturated heterocycles. The van der Waals surface area contributed by atoms with E-state index in [0.29, 0.717) is 25.5 Å². The summed E-state index contributed by atoms with van der Waals surface area (Å²) in [5, 5.41) is 0. The van der Waals surface area contributed by atoms with E-state index < -0.39 is 0 Å². The molecule has 0 N–H and O–H groups in total. The van der Waals surface area contributed by atoms with E-state index in [9.17, 15) is 4.79 Å². The Bertz CT molecular complexity index is 459. The van der Waals surface area contributed by atoms with Gasteiger partial charge in [-0.25, -0.2) is 0 Å². The standard InChI is InChI=1S/C15H22N2O2/c1-11-4-5-14(16-12(11)2)8-13-9-15(18)17(10-13)6-7-19-3/h4-5,13H,6-10H2,1-3H3/t13-/m0/s1. The second kappa shape index (κ2) is 6.15. The van der Waals surface area contributed by atoms with Crippen molar-refractivity contribution < 1.29 is 9.53 Å². The molecular formula is C15H22N2O2. The van der Waals surface area contributed by atoms with Gasteiger partial charge in [0.25, 0.3) is 0 Å².